The number of likely N-dealkylation sites (N-methyl/N-ethyl adjacent to an activating group) is 1. The number of hydrogen-bond acceptors (Lipinski definition) is 2. The quantitative estimate of drug-likeness (QED) is 0.726. The summed E-state index contributed by atoms with van der Waals surface area (Å²) < 4.78 is 0. The van der Waals surface area contributed by atoms with Gasteiger partial charge in [-0.25, -0.2) is 0 Å². The van der Waals surface area contributed by atoms with Crippen molar-refractivity contribution < 1.29 is 0 Å². The average Bonchev–Trinajstić information content (AvgIpc) is 2.19. The molecule has 0 aromatic heterocycles. The van der Waals surface area contributed by atoms with Crippen LogP contribution >= 0.6 is 0 Å². The lowest BCUT2D eigenvalue weighted by molar-refractivity contribution is 0.392. The van der Waals surface area contributed by atoms with Crippen molar-refractivity contribution in [1.82, 2.24) is 5.32 Å². The summed E-state index contributed by atoms with van der Waals surface area (Å²) in [5, 5.41) is 3.25. The molecule has 0 heterocycles. The van der Waals surface area contributed by atoms with Gasteiger partial charge in [-0.15, -0.1) is 0 Å². The van der Waals surface area contributed by atoms with E-state index in [-0.39, 0.29) is 5.54 Å². The fraction of sp³-hybridized carbons (Fsp3) is 0.455. The van der Waals surface area contributed by atoms with Crippen LogP contribution in [0.25, 0.3) is 0 Å². The van der Waals surface area contributed by atoms with Crippen LogP contribution in [0, 0.1) is 0 Å². The Bertz CT molecular complexity index is 240. The first-order chi connectivity index (χ1) is 6.20. The van der Waals surface area contributed by atoms with Crippen LogP contribution in [0.5, 0.6) is 0 Å². The molecule has 1 aromatic carbocycles. The average molecular weight is 178 g/mol. The fourth-order valence-corrected chi connectivity index (χ4v) is 1.31. The lowest BCUT2D eigenvalue weighted by atomic mass is 9.93. The molecular weight excluding hydrogens is 160 g/mol. The largest absolute Gasteiger partial charge is 0.329 e. The molecule has 1 rings (SSSR count). The Morgan fingerprint density at radius 1 is 1.31 bits per heavy atom. The second-order valence-corrected chi connectivity index (χ2v) is 3.68. The smallest absolute Gasteiger partial charge is 0.0313 e. The van der Waals surface area contributed by atoms with Crippen LogP contribution in [0.2, 0.25) is 0 Å². The topological polar surface area (TPSA) is 38.0 Å². The SMILES string of the molecule is CNC(C)(CN)Cc1ccccc1. The maximum atomic E-state index is 5.70. The van der Waals surface area contributed by atoms with Crippen LogP contribution in [0.15, 0.2) is 30.3 Å². The number of hydrogen-bond donors (Lipinski definition) is 2. The fourth-order valence-electron chi connectivity index (χ4n) is 1.31. The van der Waals surface area contributed by atoms with E-state index in [1.807, 2.05) is 13.1 Å². The van der Waals surface area contributed by atoms with E-state index in [0.29, 0.717) is 6.54 Å². The first kappa shape index (κ1) is 10.2. The van der Waals surface area contributed by atoms with Crippen LogP contribution in [0.1, 0.15) is 12.5 Å². The van der Waals surface area contributed by atoms with Gasteiger partial charge in [0.1, 0.15) is 0 Å². The predicted molar refractivity (Wildman–Crippen MR) is 56.7 cm³/mol. The zero-order valence-electron chi connectivity index (χ0n) is 8.38. The molecule has 72 valence electrons. The third-order valence-electron chi connectivity index (χ3n) is 2.49. The molecule has 2 heteroatoms. The van der Waals surface area contributed by atoms with E-state index in [2.05, 4.69) is 36.5 Å². The van der Waals surface area contributed by atoms with Gasteiger partial charge in [-0.1, -0.05) is 30.3 Å². The molecule has 1 aromatic rings. The van der Waals surface area contributed by atoms with Crippen molar-refractivity contribution in [2.75, 3.05) is 13.6 Å². The summed E-state index contributed by atoms with van der Waals surface area (Å²) in [7, 11) is 1.95. The highest BCUT2D eigenvalue weighted by atomic mass is 15.0. The van der Waals surface area contributed by atoms with Gasteiger partial charge in [0, 0.05) is 12.1 Å². The van der Waals surface area contributed by atoms with Gasteiger partial charge in [0.15, 0.2) is 0 Å². The molecule has 0 aliphatic carbocycles. The number of benzene rings is 1. The van der Waals surface area contributed by atoms with Gasteiger partial charge in [0.2, 0.25) is 0 Å². The Labute approximate surface area is 80.1 Å². The van der Waals surface area contributed by atoms with E-state index in [4.69, 9.17) is 5.73 Å². The van der Waals surface area contributed by atoms with Crippen LogP contribution in [0.3, 0.4) is 0 Å². The molecule has 2 nitrogen and oxygen atoms in total. The zero-order valence-corrected chi connectivity index (χ0v) is 8.38. The molecule has 1 unspecified atom stereocenters. The van der Waals surface area contributed by atoms with Crippen molar-refractivity contribution in [3.05, 3.63) is 35.9 Å². The Hall–Kier alpha value is -0.860. The van der Waals surface area contributed by atoms with Crippen molar-refractivity contribution in [2.24, 2.45) is 5.73 Å². The highest BCUT2D eigenvalue weighted by Gasteiger charge is 2.19. The minimum Gasteiger partial charge on any atom is -0.329 e. The van der Waals surface area contributed by atoms with Crippen LogP contribution < -0.4 is 11.1 Å². The molecule has 0 bridgehead atoms. The van der Waals surface area contributed by atoms with E-state index < -0.39 is 0 Å². The van der Waals surface area contributed by atoms with Crippen LogP contribution in [-0.4, -0.2) is 19.1 Å². The van der Waals surface area contributed by atoms with Gasteiger partial charge in [-0.3, -0.25) is 0 Å². The molecular formula is C11H18N2. The molecule has 1 atom stereocenters. The lowest BCUT2D eigenvalue weighted by Gasteiger charge is -2.27. The normalized spacial score (nSPS) is 15.3. The Morgan fingerprint density at radius 2 is 1.92 bits per heavy atom. The highest BCUT2D eigenvalue weighted by Crippen LogP contribution is 2.10. The molecule has 0 saturated heterocycles. The molecule has 3 N–H and O–H groups in total. The maximum absolute atomic E-state index is 5.70. The van der Waals surface area contributed by atoms with E-state index in [9.17, 15) is 0 Å². The number of nitrogens with two attached hydrogens (primary N) is 1. The molecule has 13 heavy (non-hydrogen) atoms. The zero-order chi connectivity index (χ0) is 9.73. The molecule has 0 aliphatic heterocycles. The van der Waals surface area contributed by atoms with Gasteiger partial charge in [0.05, 0.1) is 0 Å². The van der Waals surface area contributed by atoms with Gasteiger partial charge >= 0.3 is 0 Å². The number of rotatable bonds is 4. The van der Waals surface area contributed by atoms with Crippen LogP contribution in [0.4, 0.5) is 0 Å². The second kappa shape index (κ2) is 4.40. The van der Waals surface area contributed by atoms with Crippen molar-refractivity contribution in [1.29, 1.82) is 0 Å². The summed E-state index contributed by atoms with van der Waals surface area (Å²) in [6.45, 7) is 2.79. The third kappa shape index (κ3) is 2.83. The maximum Gasteiger partial charge on any atom is 0.0313 e. The standard InChI is InChI=1S/C11H18N2/c1-11(9-12,13-2)8-10-6-4-3-5-7-10/h3-7,13H,8-9,12H2,1-2H3. The summed E-state index contributed by atoms with van der Waals surface area (Å²) in [6, 6.07) is 10.4. The summed E-state index contributed by atoms with van der Waals surface area (Å²) in [5.41, 5.74) is 7.04. The van der Waals surface area contributed by atoms with E-state index in [1.165, 1.54) is 5.56 Å². The number of nitrogens with one attached hydrogen (secondary N) is 1. The molecule has 0 amide bonds. The van der Waals surface area contributed by atoms with E-state index in [1.54, 1.807) is 0 Å². The minimum atomic E-state index is 0.0152. The van der Waals surface area contributed by atoms with E-state index >= 15 is 0 Å². The first-order valence-electron chi connectivity index (χ1n) is 4.63. The van der Waals surface area contributed by atoms with Crippen molar-refractivity contribution in [3.8, 4) is 0 Å². The van der Waals surface area contributed by atoms with Crippen molar-refractivity contribution in [2.45, 2.75) is 18.9 Å². The third-order valence-corrected chi connectivity index (χ3v) is 2.49. The Kier molecular flexibility index (Phi) is 3.46. The van der Waals surface area contributed by atoms with Crippen LogP contribution in [-0.2, 0) is 6.42 Å². The summed E-state index contributed by atoms with van der Waals surface area (Å²) >= 11 is 0. The lowest BCUT2D eigenvalue weighted by Crippen LogP contribution is -2.48. The van der Waals surface area contributed by atoms with Gasteiger partial charge in [-0.05, 0) is 26.0 Å². The molecule has 0 radical (unpaired) electrons. The summed E-state index contributed by atoms with van der Waals surface area (Å²) in [5.74, 6) is 0. The summed E-state index contributed by atoms with van der Waals surface area (Å²) in [6.07, 6.45) is 0.973. The van der Waals surface area contributed by atoms with Gasteiger partial charge in [0.25, 0.3) is 0 Å². The molecule has 0 aliphatic rings. The molecule has 0 fully saturated rings. The monoisotopic (exact) mass is 178 g/mol. The first-order valence-corrected chi connectivity index (χ1v) is 4.63. The van der Waals surface area contributed by atoms with Gasteiger partial charge < -0.3 is 11.1 Å². The highest BCUT2D eigenvalue weighted by molar-refractivity contribution is 5.17. The predicted octanol–water partition coefficient (Wildman–Crippen LogP) is 1.17. The van der Waals surface area contributed by atoms with E-state index in [0.717, 1.165) is 6.42 Å². The minimum absolute atomic E-state index is 0.0152. The second-order valence-electron chi connectivity index (χ2n) is 3.68. The summed E-state index contributed by atoms with van der Waals surface area (Å²) in [4.78, 5) is 0. The Morgan fingerprint density at radius 3 is 2.38 bits per heavy atom. The van der Waals surface area contributed by atoms with Crippen molar-refractivity contribution in [3.63, 3.8) is 0 Å². The molecule has 0 saturated carbocycles. The Balaban J connectivity index is 2.68. The molecule has 0 spiro atoms. The van der Waals surface area contributed by atoms with Gasteiger partial charge in [-0.2, -0.15) is 0 Å². The van der Waals surface area contributed by atoms with Crippen molar-refractivity contribution >= 4 is 0 Å².